The SMILES string of the molecule is COc1cc(C)ccc1C(=O)/C=C/c1cccc(O)c1. The van der Waals surface area contributed by atoms with E-state index in [1.54, 1.807) is 37.5 Å². The molecule has 0 aliphatic rings. The minimum absolute atomic E-state index is 0.134. The highest BCUT2D eigenvalue weighted by Crippen LogP contribution is 2.21. The average Bonchev–Trinajstić information content (AvgIpc) is 2.44. The molecule has 3 heteroatoms. The molecule has 0 aromatic heterocycles. The summed E-state index contributed by atoms with van der Waals surface area (Å²) in [7, 11) is 1.55. The second kappa shape index (κ2) is 6.06. The summed E-state index contributed by atoms with van der Waals surface area (Å²) in [4.78, 5) is 12.2. The summed E-state index contributed by atoms with van der Waals surface area (Å²) in [5, 5.41) is 9.37. The number of aromatic hydroxyl groups is 1. The van der Waals surface area contributed by atoms with Crippen LogP contribution in [0.4, 0.5) is 0 Å². The van der Waals surface area contributed by atoms with E-state index in [2.05, 4.69) is 0 Å². The zero-order chi connectivity index (χ0) is 14.5. The van der Waals surface area contributed by atoms with E-state index in [4.69, 9.17) is 4.74 Å². The lowest BCUT2D eigenvalue weighted by Crippen LogP contribution is -1.99. The molecule has 0 bridgehead atoms. The Labute approximate surface area is 118 Å². The lowest BCUT2D eigenvalue weighted by atomic mass is 10.1. The number of ketones is 1. The molecule has 0 spiro atoms. The fourth-order valence-electron chi connectivity index (χ4n) is 1.89. The maximum atomic E-state index is 12.2. The highest BCUT2D eigenvalue weighted by atomic mass is 16.5. The summed E-state index contributed by atoms with van der Waals surface area (Å²) in [5.74, 6) is 0.605. The first kappa shape index (κ1) is 13.9. The molecule has 2 rings (SSSR count). The summed E-state index contributed by atoms with van der Waals surface area (Å²) in [6.07, 6.45) is 3.14. The zero-order valence-electron chi connectivity index (χ0n) is 11.5. The van der Waals surface area contributed by atoms with Gasteiger partial charge >= 0.3 is 0 Å². The van der Waals surface area contributed by atoms with Crippen molar-refractivity contribution in [3.8, 4) is 11.5 Å². The van der Waals surface area contributed by atoms with Crippen molar-refractivity contribution < 1.29 is 14.6 Å². The Bertz CT molecular complexity index is 657. The number of benzene rings is 2. The molecule has 0 unspecified atom stereocenters. The molecule has 102 valence electrons. The number of ether oxygens (including phenoxy) is 1. The quantitative estimate of drug-likeness (QED) is 0.680. The van der Waals surface area contributed by atoms with Crippen molar-refractivity contribution in [2.24, 2.45) is 0 Å². The highest BCUT2D eigenvalue weighted by molar-refractivity contribution is 6.08. The number of methoxy groups -OCH3 is 1. The van der Waals surface area contributed by atoms with Crippen LogP contribution >= 0.6 is 0 Å². The van der Waals surface area contributed by atoms with Crippen molar-refractivity contribution in [1.29, 1.82) is 0 Å². The summed E-state index contributed by atoms with van der Waals surface area (Å²) >= 11 is 0. The summed E-state index contributed by atoms with van der Waals surface area (Å²) in [5.41, 5.74) is 2.33. The van der Waals surface area contributed by atoms with Crippen molar-refractivity contribution in [3.05, 3.63) is 65.2 Å². The monoisotopic (exact) mass is 268 g/mol. The van der Waals surface area contributed by atoms with Gasteiger partial charge in [-0.2, -0.15) is 0 Å². The van der Waals surface area contributed by atoms with Crippen LogP contribution in [0.1, 0.15) is 21.5 Å². The van der Waals surface area contributed by atoms with E-state index in [1.807, 2.05) is 25.1 Å². The van der Waals surface area contributed by atoms with Crippen LogP contribution in [-0.2, 0) is 0 Å². The lowest BCUT2D eigenvalue weighted by Gasteiger charge is -2.06. The molecule has 0 heterocycles. The fourth-order valence-corrected chi connectivity index (χ4v) is 1.89. The van der Waals surface area contributed by atoms with Gasteiger partial charge in [-0.3, -0.25) is 4.79 Å². The van der Waals surface area contributed by atoms with Gasteiger partial charge in [0.25, 0.3) is 0 Å². The van der Waals surface area contributed by atoms with Gasteiger partial charge in [0.15, 0.2) is 5.78 Å². The Morgan fingerprint density at radius 3 is 2.70 bits per heavy atom. The Balaban J connectivity index is 2.24. The van der Waals surface area contributed by atoms with Crippen LogP contribution in [0, 0.1) is 6.92 Å². The number of rotatable bonds is 4. The van der Waals surface area contributed by atoms with Crippen LogP contribution in [0.3, 0.4) is 0 Å². The van der Waals surface area contributed by atoms with Crippen molar-refractivity contribution in [3.63, 3.8) is 0 Å². The minimum Gasteiger partial charge on any atom is -0.508 e. The van der Waals surface area contributed by atoms with Gasteiger partial charge < -0.3 is 9.84 Å². The Kier molecular flexibility index (Phi) is 4.20. The molecule has 0 saturated heterocycles. The van der Waals surface area contributed by atoms with E-state index in [-0.39, 0.29) is 11.5 Å². The van der Waals surface area contributed by atoms with Crippen LogP contribution < -0.4 is 4.74 Å². The number of carbonyl (C=O) groups is 1. The summed E-state index contributed by atoms with van der Waals surface area (Å²) in [6.45, 7) is 1.94. The third-order valence-electron chi connectivity index (χ3n) is 2.92. The molecule has 2 aromatic carbocycles. The third-order valence-corrected chi connectivity index (χ3v) is 2.92. The van der Waals surface area contributed by atoms with Gasteiger partial charge in [0, 0.05) is 0 Å². The molecule has 0 amide bonds. The third kappa shape index (κ3) is 3.26. The molecule has 0 atom stereocenters. The number of phenols is 1. The normalized spacial score (nSPS) is 10.7. The van der Waals surface area contributed by atoms with Gasteiger partial charge in [-0.15, -0.1) is 0 Å². The maximum Gasteiger partial charge on any atom is 0.189 e. The van der Waals surface area contributed by atoms with Gasteiger partial charge in [-0.25, -0.2) is 0 Å². The molecule has 0 aliphatic heterocycles. The predicted octanol–water partition coefficient (Wildman–Crippen LogP) is 3.61. The largest absolute Gasteiger partial charge is 0.508 e. The predicted molar refractivity (Wildman–Crippen MR) is 79.2 cm³/mol. The van der Waals surface area contributed by atoms with Gasteiger partial charge in [-0.1, -0.05) is 24.3 Å². The number of hydrogen-bond donors (Lipinski definition) is 1. The van der Waals surface area contributed by atoms with Crippen molar-refractivity contribution in [2.45, 2.75) is 6.92 Å². The summed E-state index contributed by atoms with van der Waals surface area (Å²) in [6, 6.07) is 12.2. The molecule has 3 nitrogen and oxygen atoms in total. The lowest BCUT2D eigenvalue weighted by molar-refractivity contribution is 0.104. The average molecular weight is 268 g/mol. The van der Waals surface area contributed by atoms with E-state index in [9.17, 15) is 9.90 Å². The number of aryl methyl sites for hydroxylation is 1. The number of carbonyl (C=O) groups excluding carboxylic acids is 1. The standard InChI is InChI=1S/C17H16O3/c1-12-6-8-15(17(10-12)20-2)16(19)9-7-13-4-3-5-14(18)11-13/h3-11,18H,1-2H3/b9-7+. The first-order chi connectivity index (χ1) is 9.60. The van der Waals surface area contributed by atoms with E-state index >= 15 is 0 Å². The smallest absolute Gasteiger partial charge is 0.189 e. The minimum atomic E-state index is -0.134. The van der Waals surface area contributed by atoms with Crippen LogP contribution in [0.2, 0.25) is 0 Å². The zero-order valence-corrected chi connectivity index (χ0v) is 11.5. The molecule has 0 aliphatic carbocycles. The maximum absolute atomic E-state index is 12.2. The molecule has 20 heavy (non-hydrogen) atoms. The first-order valence-corrected chi connectivity index (χ1v) is 6.26. The van der Waals surface area contributed by atoms with Crippen molar-refractivity contribution in [1.82, 2.24) is 0 Å². The molecule has 0 saturated carbocycles. The number of phenolic OH excluding ortho intramolecular Hbond substituents is 1. The number of hydrogen-bond acceptors (Lipinski definition) is 3. The van der Waals surface area contributed by atoms with Crippen molar-refractivity contribution in [2.75, 3.05) is 7.11 Å². The highest BCUT2D eigenvalue weighted by Gasteiger charge is 2.09. The molecule has 0 radical (unpaired) electrons. The Morgan fingerprint density at radius 1 is 1.20 bits per heavy atom. The van der Waals surface area contributed by atoms with Gasteiger partial charge in [0.2, 0.25) is 0 Å². The van der Waals surface area contributed by atoms with Gasteiger partial charge in [0.05, 0.1) is 12.7 Å². The molecule has 1 N–H and O–H groups in total. The molecule has 2 aromatic rings. The summed E-state index contributed by atoms with van der Waals surface area (Å²) < 4.78 is 5.22. The topological polar surface area (TPSA) is 46.5 Å². The van der Waals surface area contributed by atoms with Gasteiger partial charge in [-0.05, 0) is 48.4 Å². The fraction of sp³-hybridized carbons (Fsp3) is 0.118. The molecular weight excluding hydrogens is 252 g/mol. The molecular formula is C17H16O3. The molecule has 0 fully saturated rings. The number of allylic oxidation sites excluding steroid dienone is 1. The van der Waals surface area contributed by atoms with Crippen molar-refractivity contribution >= 4 is 11.9 Å². The van der Waals surface area contributed by atoms with Gasteiger partial charge in [0.1, 0.15) is 11.5 Å². The van der Waals surface area contributed by atoms with Crippen LogP contribution in [0.5, 0.6) is 11.5 Å². The van der Waals surface area contributed by atoms with E-state index in [0.717, 1.165) is 11.1 Å². The second-order valence-electron chi connectivity index (χ2n) is 4.50. The van der Waals surface area contributed by atoms with E-state index in [1.165, 1.54) is 6.08 Å². The van der Waals surface area contributed by atoms with Crippen LogP contribution in [0.25, 0.3) is 6.08 Å². The second-order valence-corrected chi connectivity index (χ2v) is 4.50. The Morgan fingerprint density at radius 2 is 2.00 bits per heavy atom. The van der Waals surface area contributed by atoms with E-state index < -0.39 is 0 Å². The Hall–Kier alpha value is -2.55. The van der Waals surface area contributed by atoms with Crippen LogP contribution in [0.15, 0.2) is 48.5 Å². The van der Waals surface area contributed by atoms with E-state index in [0.29, 0.717) is 11.3 Å². The first-order valence-electron chi connectivity index (χ1n) is 6.26. The van der Waals surface area contributed by atoms with Crippen LogP contribution in [-0.4, -0.2) is 18.0 Å².